The fourth-order valence-corrected chi connectivity index (χ4v) is 4.33. The normalized spacial score (nSPS) is 11.1. The van der Waals surface area contributed by atoms with Crippen molar-refractivity contribution >= 4 is 45.0 Å². The summed E-state index contributed by atoms with van der Waals surface area (Å²) in [7, 11) is -1.75. The second kappa shape index (κ2) is 8.79. The van der Waals surface area contributed by atoms with Gasteiger partial charge in [0.05, 0.1) is 21.6 Å². The molecule has 0 aliphatic rings. The van der Waals surface area contributed by atoms with Crippen LogP contribution in [0.5, 0.6) is 0 Å². The zero-order valence-electron chi connectivity index (χ0n) is 16.7. The van der Waals surface area contributed by atoms with Gasteiger partial charge in [-0.05, 0) is 35.9 Å². The Kier molecular flexibility index (Phi) is 6.33. The second-order valence-corrected chi connectivity index (χ2v) is 8.68. The van der Waals surface area contributed by atoms with Crippen LogP contribution in [0.15, 0.2) is 77.7 Å². The van der Waals surface area contributed by atoms with E-state index in [-0.39, 0.29) is 23.1 Å². The van der Waals surface area contributed by atoms with Gasteiger partial charge in [0, 0.05) is 19.0 Å². The highest BCUT2D eigenvalue weighted by atomic mass is 35.5. The molecule has 0 bridgehead atoms. The third-order valence-corrected chi connectivity index (χ3v) is 6.30. The van der Waals surface area contributed by atoms with Crippen molar-refractivity contribution in [2.24, 2.45) is 12.8 Å². The first kappa shape index (κ1) is 22.3. The largest absolute Gasteiger partial charge is 0.384 e. The molecular weight excluding hydrogens is 434 g/mol. The molecule has 0 fully saturated rings. The predicted molar refractivity (Wildman–Crippen MR) is 125 cm³/mol. The first-order chi connectivity index (χ1) is 14.3. The van der Waals surface area contributed by atoms with E-state index in [0.29, 0.717) is 17.7 Å². The maximum Gasteiger partial charge on any atom is 0.261 e. The Morgan fingerprint density at radius 2 is 1.74 bits per heavy atom. The first-order valence-corrected chi connectivity index (χ1v) is 10.8. The standard InChI is InChI=1S/C22H21N5O2S.ClH/c1-27-20-14-17(26-30(28,29)18-5-3-2-4-6-18)11-12-19(20)25-21(27)13-15-7-9-16(10-8-15)22(23)24;/h2-12,14,26H,13H2,1H3,(H3,23,24);1H. The number of hydrogen-bond donors (Lipinski definition) is 3. The number of halogens is 1. The number of nitrogens with zero attached hydrogens (tertiary/aromatic N) is 2. The number of rotatable bonds is 6. The Morgan fingerprint density at radius 1 is 1.06 bits per heavy atom. The fourth-order valence-electron chi connectivity index (χ4n) is 3.26. The Morgan fingerprint density at radius 3 is 2.39 bits per heavy atom. The molecule has 0 aliphatic carbocycles. The van der Waals surface area contributed by atoms with E-state index in [4.69, 9.17) is 11.1 Å². The Bertz CT molecular complexity index is 1330. The zero-order chi connectivity index (χ0) is 21.3. The summed E-state index contributed by atoms with van der Waals surface area (Å²) in [5.74, 6) is 0.887. The van der Waals surface area contributed by atoms with Gasteiger partial charge in [0.25, 0.3) is 10.0 Å². The van der Waals surface area contributed by atoms with Crippen LogP contribution in [-0.2, 0) is 23.5 Å². The van der Waals surface area contributed by atoms with E-state index in [0.717, 1.165) is 22.4 Å². The topological polar surface area (TPSA) is 114 Å². The van der Waals surface area contributed by atoms with Gasteiger partial charge in [-0.25, -0.2) is 13.4 Å². The molecule has 9 heteroatoms. The summed E-state index contributed by atoms with van der Waals surface area (Å²) in [4.78, 5) is 4.89. The number of anilines is 1. The van der Waals surface area contributed by atoms with Crippen molar-refractivity contribution in [3.8, 4) is 0 Å². The number of aromatic nitrogens is 2. The molecule has 31 heavy (non-hydrogen) atoms. The maximum atomic E-state index is 12.6. The molecule has 0 radical (unpaired) electrons. The van der Waals surface area contributed by atoms with Gasteiger partial charge in [0.2, 0.25) is 0 Å². The van der Waals surface area contributed by atoms with Crippen LogP contribution in [0.1, 0.15) is 17.0 Å². The Labute approximate surface area is 186 Å². The molecule has 0 saturated heterocycles. The first-order valence-electron chi connectivity index (χ1n) is 9.30. The van der Waals surface area contributed by atoms with E-state index in [9.17, 15) is 8.42 Å². The molecule has 0 spiro atoms. The van der Waals surface area contributed by atoms with Gasteiger partial charge in [0.15, 0.2) is 0 Å². The number of hydrogen-bond acceptors (Lipinski definition) is 4. The zero-order valence-corrected chi connectivity index (χ0v) is 18.4. The smallest absolute Gasteiger partial charge is 0.261 e. The minimum absolute atomic E-state index is 0. The quantitative estimate of drug-likeness (QED) is 0.304. The van der Waals surface area contributed by atoms with E-state index in [1.54, 1.807) is 48.5 Å². The van der Waals surface area contributed by atoms with E-state index in [1.165, 1.54) is 0 Å². The number of benzene rings is 3. The highest BCUT2D eigenvalue weighted by Gasteiger charge is 2.15. The second-order valence-electron chi connectivity index (χ2n) is 7.00. The number of aryl methyl sites for hydroxylation is 1. The molecule has 1 heterocycles. The Hall–Kier alpha value is -3.36. The van der Waals surface area contributed by atoms with Crippen LogP contribution >= 0.6 is 12.4 Å². The number of nitrogens with one attached hydrogen (secondary N) is 2. The average molecular weight is 456 g/mol. The summed E-state index contributed by atoms with van der Waals surface area (Å²) < 4.78 is 29.8. The maximum absolute atomic E-state index is 12.6. The van der Waals surface area contributed by atoms with Crippen molar-refractivity contribution in [2.75, 3.05) is 4.72 Å². The SMILES string of the molecule is Cl.Cn1c(Cc2ccc(C(=N)N)cc2)nc2ccc(NS(=O)(=O)c3ccccc3)cc21. The molecule has 0 amide bonds. The van der Waals surface area contributed by atoms with Crippen LogP contribution in [0.3, 0.4) is 0 Å². The lowest BCUT2D eigenvalue weighted by molar-refractivity contribution is 0.601. The van der Waals surface area contributed by atoms with Gasteiger partial charge >= 0.3 is 0 Å². The minimum atomic E-state index is -3.65. The predicted octanol–water partition coefficient (Wildman–Crippen LogP) is 3.67. The molecule has 1 aromatic heterocycles. The summed E-state index contributed by atoms with van der Waals surface area (Å²) in [5, 5.41) is 7.48. The molecule has 4 rings (SSSR count). The highest BCUT2D eigenvalue weighted by Crippen LogP contribution is 2.23. The molecule has 4 N–H and O–H groups in total. The number of amidine groups is 1. The van der Waals surface area contributed by atoms with Gasteiger partial charge in [-0.2, -0.15) is 0 Å². The monoisotopic (exact) mass is 455 g/mol. The number of imidazole rings is 1. The van der Waals surface area contributed by atoms with Gasteiger partial charge in [-0.1, -0.05) is 42.5 Å². The summed E-state index contributed by atoms with van der Waals surface area (Å²) >= 11 is 0. The van der Waals surface area contributed by atoms with Crippen molar-refractivity contribution in [1.82, 2.24) is 9.55 Å². The number of nitrogen functional groups attached to an aromatic ring is 1. The number of sulfonamides is 1. The molecule has 0 atom stereocenters. The van der Waals surface area contributed by atoms with Crippen LogP contribution < -0.4 is 10.5 Å². The summed E-state index contributed by atoms with van der Waals surface area (Å²) in [6, 6.07) is 21.0. The third-order valence-electron chi connectivity index (χ3n) is 4.91. The molecule has 0 saturated carbocycles. The van der Waals surface area contributed by atoms with Gasteiger partial charge < -0.3 is 10.3 Å². The van der Waals surface area contributed by atoms with E-state index in [2.05, 4.69) is 9.71 Å². The van der Waals surface area contributed by atoms with Crippen molar-refractivity contribution in [3.05, 3.63) is 89.7 Å². The molecule has 4 aromatic rings. The van der Waals surface area contributed by atoms with Crippen LogP contribution in [0.25, 0.3) is 11.0 Å². The average Bonchev–Trinajstić information content (AvgIpc) is 3.04. The number of fused-ring (bicyclic) bond motifs is 1. The van der Waals surface area contributed by atoms with E-state index < -0.39 is 10.0 Å². The summed E-state index contributed by atoms with van der Waals surface area (Å²) in [5.41, 5.74) is 9.33. The molecule has 0 unspecified atom stereocenters. The van der Waals surface area contributed by atoms with Crippen LogP contribution in [-0.4, -0.2) is 23.8 Å². The summed E-state index contributed by atoms with van der Waals surface area (Å²) in [6.45, 7) is 0. The van der Waals surface area contributed by atoms with Gasteiger partial charge in [-0.3, -0.25) is 10.1 Å². The van der Waals surface area contributed by atoms with Crippen LogP contribution in [0.4, 0.5) is 5.69 Å². The van der Waals surface area contributed by atoms with Gasteiger partial charge in [-0.15, -0.1) is 12.4 Å². The summed E-state index contributed by atoms with van der Waals surface area (Å²) in [6.07, 6.45) is 0.606. The lowest BCUT2D eigenvalue weighted by atomic mass is 10.1. The van der Waals surface area contributed by atoms with Crippen LogP contribution in [0.2, 0.25) is 0 Å². The lowest BCUT2D eigenvalue weighted by Crippen LogP contribution is -2.12. The minimum Gasteiger partial charge on any atom is -0.384 e. The van der Waals surface area contributed by atoms with Crippen molar-refractivity contribution < 1.29 is 8.42 Å². The van der Waals surface area contributed by atoms with Crippen molar-refractivity contribution in [3.63, 3.8) is 0 Å². The van der Waals surface area contributed by atoms with Crippen LogP contribution in [0, 0.1) is 5.41 Å². The van der Waals surface area contributed by atoms with Gasteiger partial charge in [0.1, 0.15) is 11.7 Å². The van der Waals surface area contributed by atoms with E-state index >= 15 is 0 Å². The van der Waals surface area contributed by atoms with E-state index in [1.807, 2.05) is 35.9 Å². The molecule has 0 aliphatic heterocycles. The van der Waals surface area contributed by atoms with Crippen molar-refractivity contribution in [1.29, 1.82) is 5.41 Å². The number of nitrogens with two attached hydrogens (primary N) is 1. The molecule has 160 valence electrons. The highest BCUT2D eigenvalue weighted by molar-refractivity contribution is 7.92. The molecule has 7 nitrogen and oxygen atoms in total. The third kappa shape index (κ3) is 4.70. The fraction of sp³-hybridized carbons (Fsp3) is 0.0909. The molecule has 3 aromatic carbocycles. The molecular formula is C22H22ClN5O2S. The lowest BCUT2D eigenvalue weighted by Gasteiger charge is -2.08. The Balaban J connectivity index is 0.00000272. The van der Waals surface area contributed by atoms with Crippen molar-refractivity contribution in [2.45, 2.75) is 11.3 Å².